The van der Waals surface area contributed by atoms with E-state index >= 15 is 0 Å². The summed E-state index contributed by atoms with van der Waals surface area (Å²) in [6.07, 6.45) is 1.35. The Morgan fingerprint density at radius 3 is 2.36 bits per heavy atom. The van der Waals surface area contributed by atoms with Crippen LogP contribution < -0.4 is 5.32 Å². The largest absolute Gasteiger partial charge is 0.453 e. The number of para-hydroxylation sites is 2. The minimum Gasteiger partial charge on any atom is -0.453 e. The van der Waals surface area contributed by atoms with Crippen molar-refractivity contribution >= 4 is 23.1 Å². The van der Waals surface area contributed by atoms with Crippen molar-refractivity contribution in [2.24, 2.45) is 5.92 Å². The molecule has 0 radical (unpaired) electrons. The number of anilines is 1. The van der Waals surface area contributed by atoms with Crippen LogP contribution >= 0.6 is 0 Å². The predicted molar refractivity (Wildman–Crippen MR) is 147 cm³/mol. The molecule has 7 heteroatoms. The van der Waals surface area contributed by atoms with Crippen LogP contribution in [0, 0.1) is 5.92 Å². The van der Waals surface area contributed by atoms with Crippen LogP contribution in [-0.2, 0) is 21.3 Å². The average molecular weight is 495 g/mol. The molecule has 0 saturated carbocycles. The summed E-state index contributed by atoms with van der Waals surface area (Å²) >= 11 is 0. The Labute approximate surface area is 215 Å². The summed E-state index contributed by atoms with van der Waals surface area (Å²) in [7, 11) is 1.30. The molecule has 2 heterocycles. The molecule has 0 aliphatic carbocycles. The van der Waals surface area contributed by atoms with Crippen LogP contribution in [0.5, 0.6) is 0 Å². The number of hydrogen-bond acceptors (Lipinski definition) is 5. The number of benzene rings is 2. The summed E-state index contributed by atoms with van der Waals surface area (Å²) in [6, 6.07) is 16.7. The van der Waals surface area contributed by atoms with Gasteiger partial charge in [0.05, 0.1) is 30.4 Å². The van der Waals surface area contributed by atoms with Crippen molar-refractivity contribution in [3.05, 3.63) is 59.7 Å². The van der Waals surface area contributed by atoms with Gasteiger partial charge in [0.2, 0.25) is 5.95 Å². The number of hydrogen-bond donors (Lipinski definition) is 2. The Morgan fingerprint density at radius 2 is 1.78 bits per heavy atom. The smallest absolute Gasteiger partial charge is 0.413 e. The van der Waals surface area contributed by atoms with Crippen LogP contribution in [0.25, 0.3) is 11.0 Å². The first kappa shape index (κ1) is 27.7. The van der Waals surface area contributed by atoms with Gasteiger partial charge in [0.1, 0.15) is 0 Å². The van der Waals surface area contributed by atoms with Gasteiger partial charge in [0.15, 0.2) is 0 Å². The first-order valence-corrected chi connectivity index (χ1v) is 12.8. The molecule has 1 saturated heterocycles. The van der Waals surface area contributed by atoms with Crippen LogP contribution in [-0.4, -0.2) is 59.9 Å². The van der Waals surface area contributed by atoms with Crippen molar-refractivity contribution in [1.82, 2.24) is 14.9 Å². The van der Waals surface area contributed by atoms with Gasteiger partial charge in [-0.2, -0.15) is 0 Å². The zero-order chi connectivity index (χ0) is 26.3. The Kier molecular flexibility index (Phi) is 9.51. The van der Waals surface area contributed by atoms with Crippen molar-refractivity contribution in [2.75, 3.05) is 32.1 Å². The fourth-order valence-electron chi connectivity index (χ4n) is 4.64. The molecule has 0 spiro atoms. The third-order valence-electron chi connectivity index (χ3n) is 6.26. The molecule has 1 amide bonds. The van der Waals surface area contributed by atoms with E-state index in [0.717, 1.165) is 30.5 Å². The van der Waals surface area contributed by atoms with Crippen LogP contribution in [0.2, 0.25) is 0 Å². The van der Waals surface area contributed by atoms with Gasteiger partial charge >= 0.3 is 6.09 Å². The van der Waals surface area contributed by atoms with Crippen LogP contribution in [0.1, 0.15) is 52.7 Å². The number of amides is 1. The number of nitrogens with zero attached hydrogens (tertiary/aromatic N) is 2. The number of imidazole rings is 1. The van der Waals surface area contributed by atoms with Crippen molar-refractivity contribution in [2.45, 2.75) is 65.6 Å². The molecule has 2 N–H and O–H groups in total. The van der Waals surface area contributed by atoms with Crippen molar-refractivity contribution in [3.8, 4) is 0 Å². The van der Waals surface area contributed by atoms with Gasteiger partial charge in [-0.25, -0.2) is 9.78 Å². The fourth-order valence-corrected chi connectivity index (χ4v) is 4.64. The van der Waals surface area contributed by atoms with Gasteiger partial charge in [-0.1, -0.05) is 64.1 Å². The summed E-state index contributed by atoms with van der Waals surface area (Å²) in [5, 5.41) is 2.45. The van der Waals surface area contributed by atoms with Gasteiger partial charge in [0.25, 0.3) is 0 Å². The standard InChI is InChI=1S/C20H33NO.C9H9N3O2/c1-15(12-21-13-16(2)22-17(3)14-21)11-18-7-9-19(10-8-18)20(4,5)6;1-14-9(13)12-8-10-6-4-2-3-5-7(6)11-8/h7-10,15-17H,11-14H2,1-6H3;2-5H,1H3,(H2,10,11,12,13)/t15?,16-,17+;. The SMILES string of the molecule is CC(Cc1ccc(C(C)(C)C)cc1)CN1C[C@@H](C)O[C@@H](C)C1.COC(=O)Nc1nc2ccccc2[nH]1. The van der Waals surface area contributed by atoms with Crippen LogP contribution in [0.15, 0.2) is 48.5 Å². The summed E-state index contributed by atoms with van der Waals surface area (Å²) in [5.74, 6) is 1.07. The number of ether oxygens (including phenoxy) is 2. The maximum Gasteiger partial charge on any atom is 0.413 e. The second kappa shape index (κ2) is 12.4. The molecule has 2 aromatic carbocycles. The number of methoxy groups -OCH3 is 1. The second-order valence-corrected chi connectivity index (χ2v) is 11.0. The van der Waals surface area contributed by atoms with E-state index in [1.54, 1.807) is 0 Å². The lowest BCUT2D eigenvalue weighted by Crippen LogP contribution is -2.47. The molecule has 1 fully saturated rings. The van der Waals surface area contributed by atoms with E-state index in [9.17, 15) is 4.79 Å². The quantitative estimate of drug-likeness (QED) is 0.454. The van der Waals surface area contributed by atoms with E-state index in [4.69, 9.17) is 4.74 Å². The number of fused-ring (bicyclic) bond motifs is 1. The molecular formula is C29H42N4O3. The van der Waals surface area contributed by atoms with E-state index in [1.165, 1.54) is 24.8 Å². The lowest BCUT2D eigenvalue weighted by atomic mass is 9.86. The average Bonchev–Trinajstić information content (AvgIpc) is 3.20. The second-order valence-electron chi connectivity index (χ2n) is 11.0. The molecule has 4 rings (SSSR count). The summed E-state index contributed by atoms with van der Waals surface area (Å²) < 4.78 is 10.3. The zero-order valence-electron chi connectivity index (χ0n) is 22.8. The fraction of sp³-hybridized carbons (Fsp3) is 0.517. The Bertz CT molecular complexity index is 1060. The van der Waals surface area contributed by atoms with Gasteiger partial charge in [-0.3, -0.25) is 10.2 Å². The minimum absolute atomic E-state index is 0.240. The number of morpholine rings is 1. The number of aromatic nitrogens is 2. The highest BCUT2D eigenvalue weighted by molar-refractivity contribution is 5.86. The zero-order valence-corrected chi connectivity index (χ0v) is 22.8. The normalized spacial score (nSPS) is 19.3. The molecule has 1 aliphatic rings. The Morgan fingerprint density at radius 1 is 1.14 bits per heavy atom. The minimum atomic E-state index is -0.538. The van der Waals surface area contributed by atoms with Gasteiger partial charge < -0.3 is 14.5 Å². The van der Waals surface area contributed by atoms with Crippen LogP contribution in [0.4, 0.5) is 10.7 Å². The van der Waals surface area contributed by atoms with Gasteiger partial charge in [-0.15, -0.1) is 0 Å². The first-order valence-electron chi connectivity index (χ1n) is 12.8. The molecule has 0 bridgehead atoms. The van der Waals surface area contributed by atoms with Gasteiger partial charge in [0, 0.05) is 19.6 Å². The van der Waals surface area contributed by atoms with Crippen molar-refractivity contribution in [1.29, 1.82) is 0 Å². The summed E-state index contributed by atoms with van der Waals surface area (Å²) in [4.78, 5) is 20.5. The van der Waals surface area contributed by atoms with E-state index in [1.807, 2.05) is 24.3 Å². The monoisotopic (exact) mass is 494 g/mol. The number of carbonyl (C=O) groups excluding carboxylic acids is 1. The Hall–Kier alpha value is -2.90. The molecule has 7 nitrogen and oxygen atoms in total. The molecule has 3 aromatic rings. The maximum absolute atomic E-state index is 10.9. The highest BCUT2D eigenvalue weighted by atomic mass is 16.5. The van der Waals surface area contributed by atoms with E-state index < -0.39 is 6.09 Å². The number of H-pyrrole nitrogens is 1. The van der Waals surface area contributed by atoms with E-state index in [0.29, 0.717) is 24.1 Å². The van der Waals surface area contributed by atoms with E-state index in [2.05, 4.69) is 90.7 Å². The number of carbonyl (C=O) groups is 1. The topological polar surface area (TPSA) is 79.5 Å². The summed E-state index contributed by atoms with van der Waals surface area (Å²) in [5.41, 5.74) is 4.79. The molecule has 36 heavy (non-hydrogen) atoms. The number of aromatic amines is 1. The maximum atomic E-state index is 10.9. The highest BCUT2D eigenvalue weighted by Gasteiger charge is 2.23. The summed E-state index contributed by atoms with van der Waals surface area (Å²) in [6.45, 7) is 16.8. The predicted octanol–water partition coefficient (Wildman–Crippen LogP) is 6.01. The lowest BCUT2D eigenvalue weighted by Gasteiger charge is -2.36. The number of rotatable bonds is 5. The highest BCUT2D eigenvalue weighted by Crippen LogP contribution is 2.23. The molecule has 1 unspecified atom stereocenters. The first-order chi connectivity index (χ1) is 17.0. The molecule has 1 aromatic heterocycles. The molecule has 1 aliphatic heterocycles. The third kappa shape index (κ3) is 8.35. The van der Waals surface area contributed by atoms with E-state index in [-0.39, 0.29) is 5.41 Å². The van der Waals surface area contributed by atoms with Crippen molar-refractivity contribution < 1.29 is 14.3 Å². The number of nitrogens with one attached hydrogen (secondary N) is 2. The Balaban J connectivity index is 0.000000221. The molecular weight excluding hydrogens is 452 g/mol. The van der Waals surface area contributed by atoms with Crippen LogP contribution in [0.3, 0.4) is 0 Å². The van der Waals surface area contributed by atoms with Gasteiger partial charge in [-0.05, 0) is 54.9 Å². The third-order valence-corrected chi connectivity index (χ3v) is 6.26. The van der Waals surface area contributed by atoms with Crippen molar-refractivity contribution in [3.63, 3.8) is 0 Å². The molecule has 3 atom stereocenters. The molecule has 196 valence electrons. The lowest BCUT2D eigenvalue weighted by molar-refractivity contribution is -0.0708.